The van der Waals surface area contributed by atoms with Gasteiger partial charge in [-0.1, -0.05) is 0 Å². The number of carbonyl (C=O) groups is 1. The quantitative estimate of drug-likeness (QED) is 0.856. The predicted octanol–water partition coefficient (Wildman–Crippen LogP) is 0.682. The molecular weight excluding hydrogens is 268 g/mol. The van der Waals surface area contributed by atoms with E-state index in [2.05, 4.69) is 15.7 Å². The van der Waals surface area contributed by atoms with E-state index in [4.69, 9.17) is 4.74 Å². The smallest absolute Gasteiger partial charge is 0.246 e. The Morgan fingerprint density at radius 3 is 3.10 bits per heavy atom. The van der Waals surface area contributed by atoms with Gasteiger partial charge in [0.05, 0.1) is 18.3 Å². The van der Waals surface area contributed by atoms with Gasteiger partial charge >= 0.3 is 0 Å². The van der Waals surface area contributed by atoms with Crippen molar-refractivity contribution in [3.05, 3.63) is 17.5 Å². The van der Waals surface area contributed by atoms with Crippen LogP contribution in [0.5, 0.6) is 0 Å². The molecule has 1 aliphatic heterocycles. The van der Waals surface area contributed by atoms with E-state index < -0.39 is 0 Å². The molecule has 1 amide bonds. The maximum atomic E-state index is 12.1. The van der Waals surface area contributed by atoms with E-state index in [0.717, 1.165) is 45.2 Å². The van der Waals surface area contributed by atoms with Crippen molar-refractivity contribution in [1.82, 2.24) is 20.4 Å². The molecule has 6 nitrogen and oxygen atoms in total. The Morgan fingerprint density at radius 2 is 2.29 bits per heavy atom. The highest BCUT2D eigenvalue weighted by atomic mass is 16.5. The number of rotatable bonds is 4. The van der Waals surface area contributed by atoms with E-state index in [1.807, 2.05) is 17.9 Å². The van der Waals surface area contributed by atoms with Crippen LogP contribution in [-0.4, -0.2) is 41.5 Å². The molecule has 0 saturated carbocycles. The van der Waals surface area contributed by atoms with Gasteiger partial charge in [0, 0.05) is 18.3 Å². The van der Waals surface area contributed by atoms with Gasteiger partial charge in [0.1, 0.15) is 6.61 Å². The predicted molar refractivity (Wildman–Crippen MR) is 78.9 cm³/mol. The summed E-state index contributed by atoms with van der Waals surface area (Å²) in [5, 5.41) is 10.7. The van der Waals surface area contributed by atoms with Crippen LogP contribution in [0.15, 0.2) is 6.20 Å². The van der Waals surface area contributed by atoms with Gasteiger partial charge in [-0.2, -0.15) is 5.10 Å². The lowest BCUT2D eigenvalue weighted by atomic mass is 9.93. The van der Waals surface area contributed by atoms with E-state index in [-0.39, 0.29) is 24.7 Å². The Kier molecular flexibility index (Phi) is 4.55. The third kappa shape index (κ3) is 3.44. The molecule has 21 heavy (non-hydrogen) atoms. The summed E-state index contributed by atoms with van der Waals surface area (Å²) in [4.78, 5) is 12.1. The van der Waals surface area contributed by atoms with E-state index in [0.29, 0.717) is 0 Å². The number of amides is 1. The lowest BCUT2D eigenvalue weighted by Crippen LogP contribution is -2.37. The molecule has 6 heteroatoms. The van der Waals surface area contributed by atoms with Crippen LogP contribution in [0.3, 0.4) is 0 Å². The normalized spacial score (nSPS) is 22.8. The molecule has 1 unspecified atom stereocenters. The highest BCUT2D eigenvalue weighted by molar-refractivity contribution is 5.77. The van der Waals surface area contributed by atoms with Gasteiger partial charge in [0.25, 0.3) is 0 Å². The monoisotopic (exact) mass is 292 g/mol. The van der Waals surface area contributed by atoms with Crippen LogP contribution in [-0.2, 0) is 23.0 Å². The minimum atomic E-state index is -0.0183. The zero-order valence-corrected chi connectivity index (χ0v) is 12.6. The molecule has 0 aromatic carbocycles. The number of ether oxygens (including phenoxy) is 1. The van der Waals surface area contributed by atoms with Crippen molar-refractivity contribution in [1.29, 1.82) is 0 Å². The lowest BCUT2D eigenvalue weighted by molar-refractivity contribution is -0.129. The summed E-state index contributed by atoms with van der Waals surface area (Å²) >= 11 is 0. The fourth-order valence-corrected chi connectivity index (χ4v) is 3.25. The molecule has 2 N–H and O–H groups in total. The van der Waals surface area contributed by atoms with Gasteiger partial charge in [0.2, 0.25) is 5.91 Å². The lowest BCUT2D eigenvalue weighted by Gasteiger charge is -2.25. The number of hydrogen-bond donors (Lipinski definition) is 2. The summed E-state index contributed by atoms with van der Waals surface area (Å²) < 4.78 is 7.62. The van der Waals surface area contributed by atoms with Crippen LogP contribution in [0.4, 0.5) is 0 Å². The van der Waals surface area contributed by atoms with Crippen molar-refractivity contribution in [2.45, 2.75) is 44.2 Å². The Hall–Kier alpha value is -1.40. The first-order valence-corrected chi connectivity index (χ1v) is 7.86. The zero-order chi connectivity index (χ0) is 14.7. The molecule has 1 aromatic rings. The van der Waals surface area contributed by atoms with Crippen LogP contribution in [0.2, 0.25) is 0 Å². The number of carbonyl (C=O) groups excluding carboxylic acids is 1. The van der Waals surface area contributed by atoms with Crippen molar-refractivity contribution >= 4 is 5.91 Å². The molecule has 2 heterocycles. The second-order valence-corrected chi connectivity index (χ2v) is 5.94. The van der Waals surface area contributed by atoms with Crippen LogP contribution in [0.1, 0.15) is 43.0 Å². The van der Waals surface area contributed by atoms with Gasteiger partial charge in [-0.15, -0.1) is 0 Å². The van der Waals surface area contributed by atoms with Crippen molar-refractivity contribution in [3.8, 4) is 0 Å². The van der Waals surface area contributed by atoms with E-state index in [9.17, 15) is 4.79 Å². The summed E-state index contributed by atoms with van der Waals surface area (Å²) in [6.45, 7) is 2.12. The fraction of sp³-hybridized carbons (Fsp3) is 0.733. The fourth-order valence-electron chi connectivity index (χ4n) is 3.25. The highest BCUT2D eigenvalue weighted by Crippen LogP contribution is 2.28. The molecule has 1 atom stereocenters. The van der Waals surface area contributed by atoms with E-state index in [1.165, 1.54) is 11.3 Å². The summed E-state index contributed by atoms with van der Waals surface area (Å²) in [5.41, 5.74) is 2.41. The van der Waals surface area contributed by atoms with Gasteiger partial charge in [-0.05, 0) is 45.2 Å². The minimum absolute atomic E-state index is 0.0183. The molecule has 3 rings (SSSR count). The number of nitrogens with zero attached hydrogens (tertiary/aromatic N) is 2. The van der Waals surface area contributed by atoms with Crippen molar-refractivity contribution < 1.29 is 9.53 Å². The molecule has 0 bridgehead atoms. The largest absolute Gasteiger partial charge is 0.368 e. The van der Waals surface area contributed by atoms with Crippen LogP contribution in [0, 0.1) is 0 Å². The standard InChI is InChI=1S/C15H24N4O2/c1-19-14-4-2-3-13(12(14)9-17-19)18-15(20)10-21-11-5-7-16-8-6-11/h9,11,13,16H,2-8,10H2,1H3,(H,18,20). The number of aryl methyl sites for hydroxylation is 1. The summed E-state index contributed by atoms with van der Waals surface area (Å²) in [5.74, 6) is -0.0183. The number of fused-ring (bicyclic) bond motifs is 1. The Morgan fingerprint density at radius 1 is 1.48 bits per heavy atom. The van der Waals surface area contributed by atoms with Crippen LogP contribution < -0.4 is 10.6 Å². The minimum Gasteiger partial charge on any atom is -0.368 e. The zero-order valence-electron chi connectivity index (χ0n) is 12.6. The summed E-state index contributed by atoms with van der Waals surface area (Å²) in [6.07, 6.45) is 7.20. The van der Waals surface area contributed by atoms with Gasteiger partial charge in [0.15, 0.2) is 0 Å². The first kappa shape index (κ1) is 14.5. The number of piperidine rings is 1. The van der Waals surface area contributed by atoms with Gasteiger partial charge in [-0.3, -0.25) is 9.48 Å². The molecule has 2 aliphatic rings. The van der Waals surface area contributed by atoms with E-state index >= 15 is 0 Å². The SMILES string of the molecule is Cn1ncc2c1CCCC2NC(=O)COC1CCNCC1. The third-order valence-electron chi connectivity index (χ3n) is 4.45. The third-order valence-corrected chi connectivity index (χ3v) is 4.45. The van der Waals surface area contributed by atoms with Gasteiger partial charge < -0.3 is 15.4 Å². The Bertz CT molecular complexity index is 494. The van der Waals surface area contributed by atoms with Crippen molar-refractivity contribution in [3.63, 3.8) is 0 Å². The number of aromatic nitrogens is 2. The van der Waals surface area contributed by atoms with E-state index in [1.54, 1.807) is 0 Å². The summed E-state index contributed by atoms with van der Waals surface area (Å²) in [7, 11) is 1.96. The first-order chi connectivity index (χ1) is 10.2. The average Bonchev–Trinajstić information content (AvgIpc) is 2.89. The van der Waals surface area contributed by atoms with Crippen molar-refractivity contribution in [2.24, 2.45) is 7.05 Å². The maximum Gasteiger partial charge on any atom is 0.246 e. The molecule has 0 spiro atoms. The molecule has 1 aliphatic carbocycles. The molecular formula is C15H24N4O2. The number of hydrogen-bond acceptors (Lipinski definition) is 4. The van der Waals surface area contributed by atoms with Gasteiger partial charge in [-0.25, -0.2) is 0 Å². The molecule has 116 valence electrons. The summed E-state index contributed by atoms with van der Waals surface area (Å²) in [6, 6.07) is 0.0894. The second kappa shape index (κ2) is 6.58. The Labute approximate surface area is 125 Å². The van der Waals surface area contributed by atoms with Crippen LogP contribution >= 0.6 is 0 Å². The van der Waals surface area contributed by atoms with Crippen LogP contribution in [0.25, 0.3) is 0 Å². The molecule has 1 fully saturated rings. The second-order valence-electron chi connectivity index (χ2n) is 5.94. The molecule has 1 aromatic heterocycles. The maximum absolute atomic E-state index is 12.1. The Balaban J connectivity index is 1.51. The highest BCUT2D eigenvalue weighted by Gasteiger charge is 2.25. The molecule has 0 radical (unpaired) electrons. The first-order valence-electron chi connectivity index (χ1n) is 7.86. The number of nitrogens with one attached hydrogen (secondary N) is 2. The molecule has 1 saturated heterocycles. The van der Waals surface area contributed by atoms with Crippen molar-refractivity contribution in [2.75, 3.05) is 19.7 Å². The topological polar surface area (TPSA) is 68.2 Å². The average molecular weight is 292 g/mol.